The van der Waals surface area contributed by atoms with E-state index >= 15 is 0 Å². The summed E-state index contributed by atoms with van der Waals surface area (Å²) in [5.74, 6) is -0.273. The van der Waals surface area contributed by atoms with Crippen LogP contribution in [0.4, 0.5) is 0 Å². The molecule has 14 heavy (non-hydrogen) atoms. The number of pyridine rings is 1. The van der Waals surface area contributed by atoms with Crippen LogP contribution < -0.4 is 5.32 Å². The van der Waals surface area contributed by atoms with Crippen molar-refractivity contribution in [3.05, 3.63) is 30.1 Å². The van der Waals surface area contributed by atoms with Crippen LogP contribution in [-0.4, -0.2) is 16.4 Å². The SMILES string of the molecule is N#CC1(NC(=O)c2ccccn2)CC1. The Hall–Kier alpha value is -1.89. The number of nitriles is 1. The smallest absolute Gasteiger partial charge is 0.271 e. The van der Waals surface area contributed by atoms with E-state index < -0.39 is 5.54 Å². The summed E-state index contributed by atoms with van der Waals surface area (Å²) in [6, 6.07) is 7.21. The Morgan fingerprint density at radius 3 is 2.86 bits per heavy atom. The third kappa shape index (κ3) is 1.57. The van der Waals surface area contributed by atoms with E-state index in [1.807, 2.05) is 0 Å². The van der Waals surface area contributed by atoms with E-state index in [9.17, 15) is 4.79 Å². The average Bonchev–Trinajstić information content (AvgIpc) is 3.00. The molecule has 1 aliphatic carbocycles. The van der Waals surface area contributed by atoms with Crippen molar-refractivity contribution in [2.45, 2.75) is 18.4 Å². The Morgan fingerprint density at radius 1 is 1.57 bits per heavy atom. The molecule has 1 heterocycles. The molecule has 2 rings (SSSR count). The van der Waals surface area contributed by atoms with Gasteiger partial charge in [-0.15, -0.1) is 0 Å². The van der Waals surface area contributed by atoms with Crippen molar-refractivity contribution in [2.24, 2.45) is 0 Å². The van der Waals surface area contributed by atoms with Gasteiger partial charge in [0, 0.05) is 6.20 Å². The first-order valence-electron chi connectivity index (χ1n) is 4.41. The lowest BCUT2D eigenvalue weighted by atomic mass is 10.2. The van der Waals surface area contributed by atoms with Crippen LogP contribution in [0.2, 0.25) is 0 Å². The van der Waals surface area contributed by atoms with Crippen LogP contribution >= 0.6 is 0 Å². The molecule has 0 atom stereocenters. The number of nitrogens with zero attached hydrogens (tertiary/aromatic N) is 2. The van der Waals surface area contributed by atoms with E-state index in [0.717, 1.165) is 12.8 Å². The normalized spacial score (nSPS) is 16.8. The van der Waals surface area contributed by atoms with Crippen LogP contribution in [0.15, 0.2) is 24.4 Å². The zero-order chi connectivity index (χ0) is 10.0. The van der Waals surface area contributed by atoms with Gasteiger partial charge in [0.1, 0.15) is 11.2 Å². The molecular formula is C10H9N3O. The summed E-state index contributed by atoms with van der Waals surface area (Å²) in [4.78, 5) is 15.4. The zero-order valence-corrected chi connectivity index (χ0v) is 7.53. The number of amides is 1. The van der Waals surface area contributed by atoms with Gasteiger partial charge >= 0.3 is 0 Å². The van der Waals surface area contributed by atoms with Gasteiger partial charge < -0.3 is 5.32 Å². The lowest BCUT2D eigenvalue weighted by Gasteiger charge is -2.07. The quantitative estimate of drug-likeness (QED) is 0.747. The van der Waals surface area contributed by atoms with Crippen LogP contribution in [-0.2, 0) is 0 Å². The van der Waals surface area contributed by atoms with Gasteiger partial charge in [0.2, 0.25) is 0 Å². The van der Waals surface area contributed by atoms with Crippen molar-refractivity contribution in [1.82, 2.24) is 10.3 Å². The molecule has 0 aromatic carbocycles. The van der Waals surface area contributed by atoms with Crippen LogP contribution in [0.3, 0.4) is 0 Å². The molecule has 1 aromatic rings. The molecule has 1 aromatic heterocycles. The van der Waals surface area contributed by atoms with Crippen LogP contribution in [0.1, 0.15) is 23.3 Å². The first-order valence-corrected chi connectivity index (χ1v) is 4.41. The van der Waals surface area contributed by atoms with Crippen molar-refractivity contribution in [3.63, 3.8) is 0 Å². The molecule has 0 unspecified atom stereocenters. The highest BCUT2D eigenvalue weighted by Gasteiger charge is 2.44. The maximum absolute atomic E-state index is 11.5. The summed E-state index contributed by atoms with van der Waals surface area (Å²) < 4.78 is 0. The van der Waals surface area contributed by atoms with Gasteiger partial charge in [-0.25, -0.2) is 0 Å². The highest BCUT2D eigenvalue weighted by molar-refractivity contribution is 5.93. The van der Waals surface area contributed by atoms with Crippen molar-refractivity contribution >= 4 is 5.91 Å². The standard InChI is InChI=1S/C10H9N3O/c11-7-10(4-5-10)13-9(14)8-3-1-2-6-12-8/h1-3,6H,4-5H2,(H,13,14). The summed E-state index contributed by atoms with van der Waals surface area (Å²) in [7, 11) is 0. The second-order valence-electron chi connectivity index (χ2n) is 3.36. The summed E-state index contributed by atoms with van der Waals surface area (Å²) >= 11 is 0. The molecule has 1 fully saturated rings. The fraction of sp³-hybridized carbons (Fsp3) is 0.300. The third-order valence-corrected chi connectivity index (χ3v) is 2.21. The van der Waals surface area contributed by atoms with Crippen molar-refractivity contribution in [2.75, 3.05) is 0 Å². The van der Waals surface area contributed by atoms with E-state index in [4.69, 9.17) is 5.26 Å². The number of carbonyl (C=O) groups is 1. The van der Waals surface area contributed by atoms with Crippen molar-refractivity contribution in [3.8, 4) is 6.07 Å². The number of rotatable bonds is 2. The lowest BCUT2D eigenvalue weighted by molar-refractivity contribution is 0.0936. The minimum atomic E-state index is -0.616. The third-order valence-electron chi connectivity index (χ3n) is 2.21. The number of hydrogen-bond donors (Lipinski definition) is 1. The monoisotopic (exact) mass is 187 g/mol. The van der Waals surface area contributed by atoms with Crippen LogP contribution in [0.25, 0.3) is 0 Å². The lowest BCUT2D eigenvalue weighted by Crippen LogP contribution is -2.35. The predicted octanol–water partition coefficient (Wildman–Crippen LogP) is 0.868. The molecule has 70 valence electrons. The topological polar surface area (TPSA) is 65.8 Å². The first kappa shape index (κ1) is 8.70. The maximum atomic E-state index is 11.5. The van der Waals surface area contributed by atoms with Gasteiger partial charge in [0.25, 0.3) is 5.91 Å². The molecule has 0 saturated heterocycles. The minimum absolute atomic E-state index is 0.273. The summed E-state index contributed by atoms with van der Waals surface area (Å²) in [6.45, 7) is 0. The van der Waals surface area contributed by atoms with E-state index in [0.29, 0.717) is 5.69 Å². The van der Waals surface area contributed by atoms with Crippen LogP contribution in [0.5, 0.6) is 0 Å². The molecule has 1 saturated carbocycles. The van der Waals surface area contributed by atoms with Gasteiger partial charge in [-0.2, -0.15) is 5.26 Å². The molecule has 4 nitrogen and oxygen atoms in total. The van der Waals surface area contributed by atoms with Gasteiger partial charge in [0.15, 0.2) is 0 Å². The second-order valence-corrected chi connectivity index (χ2v) is 3.36. The molecule has 1 amide bonds. The summed E-state index contributed by atoms with van der Waals surface area (Å²) in [5, 5.41) is 11.4. The maximum Gasteiger partial charge on any atom is 0.271 e. The molecule has 0 spiro atoms. The fourth-order valence-corrected chi connectivity index (χ4v) is 1.17. The zero-order valence-electron chi connectivity index (χ0n) is 7.53. The molecule has 0 aliphatic heterocycles. The Labute approximate surface area is 81.6 Å². The van der Waals surface area contributed by atoms with Gasteiger partial charge in [0.05, 0.1) is 6.07 Å². The number of aromatic nitrogens is 1. The fourth-order valence-electron chi connectivity index (χ4n) is 1.17. The second kappa shape index (κ2) is 3.11. The Kier molecular flexibility index (Phi) is 1.93. The highest BCUT2D eigenvalue weighted by Crippen LogP contribution is 2.34. The Morgan fingerprint density at radius 2 is 2.36 bits per heavy atom. The van der Waals surface area contributed by atoms with Crippen LogP contribution in [0, 0.1) is 11.3 Å². The highest BCUT2D eigenvalue weighted by atomic mass is 16.2. The molecule has 1 aliphatic rings. The first-order chi connectivity index (χ1) is 6.76. The Balaban J connectivity index is 2.08. The Bertz CT molecular complexity index is 390. The van der Waals surface area contributed by atoms with Gasteiger partial charge in [-0.1, -0.05) is 6.07 Å². The van der Waals surface area contributed by atoms with E-state index in [1.54, 1.807) is 24.4 Å². The average molecular weight is 187 g/mol. The largest absolute Gasteiger partial charge is 0.332 e. The van der Waals surface area contributed by atoms with Gasteiger partial charge in [-0.05, 0) is 25.0 Å². The number of nitrogens with one attached hydrogen (secondary N) is 1. The molecule has 0 radical (unpaired) electrons. The summed E-state index contributed by atoms with van der Waals surface area (Å²) in [6.07, 6.45) is 3.03. The van der Waals surface area contributed by atoms with Crippen molar-refractivity contribution in [1.29, 1.82) is 5.26 Å². The molecular weight excluding hydrogens is 178 g/mol. The van der Waals surface area contributed by atoms with Gasteiger partial charge in [-0.3, -0.25) is 9.78 Å². The van der Waals surface area contributed by atoms with E-state index in [2.05, 4.69) is 16.4 Å². The number of hydrogen-bond acceptors (Lipinski definition) is 3. The van der Waals surface area contributed by atoms with E-state index in [-0.39, 0.29) is 5.91 Å². The molecule has 1 N–H and O–H groups in total. The predicted molar refractivity (Wildman–Crippen MR) is 49.3 cm³/mol. The molecule has 4 heteroatoms. The molecule has 0 bridgehead atoms. The summed E-state index contributed by atoms with van der Waals surface area (Å²) in [5.41, 5.74) is -0.261. The van der Waals surface area contributed by atoms with E-state index in [1.165, 1.54) is 0 Å². The minimum Gasteiger partial charge on any atom is -0.332 e. The number of carbonyl (C=O) groups excluding carboxylic acids is 1. The van der Waals surface area contributed by atoms with Crippen molar-refractivity contribution < 1.29 is 4.79 Å².